The number of nitrogens with zero attached hydrogens (tertiary/aromatic N) is 1. The van der Waals surface area contributed by atoms with Crippen LogP contribution in [-0.2, 0) is 14.3 Å². The van der Waals surface area contributed by atoms with Crippen molar-refractivity contribution in [2.45, 2.75) is 13.3 Å². The van der Waals surface area contributed by atoms with Crippen LogP contribution in [0.15, 0.2) is 0 Å². The number of carbonyl (C=O) groups excluding carboxylic acids is 1. The van der Waals surface area contributed by atoms with Crippen molar-refractivity contribution in [1.29, 1.82) is 0 Å². The maximum Gasteiger partial charge on any atom is 0.319 e. The molecule has 0 amide bonds. The van der Waals surface area contributed by atoms with Crippen molar-refractivity contribution in [2.24, 2.45) is 0 Å². The van der Waals surface area contributed by atoms with Crippen molar-refractivity contribution in [3.63, 3.8) is 0 Å². The van der Waals surface area contributed by atoms with E-state index in [0.717, 1.165) is 6.42 Å². The van der Waals surface area contributed by atoms with Crippen LogP contribution in [0.2, 0.25) is 0 Å². The molecule has 0 aromatic carbocycles. The molecule has 13 heavy (non-hydrogen) atoms. The van der Waals surface area contributed by atoms with E-state index in [0.29, 0.717) is 6.54 Å². The van der Waals surface area contributed by atoms with Crippen LogP contribution < -0.4 is 0 Å². The Morgan fingerprint density at radius 2 is 2.00 bits per heavy atom. The van der Waals surface area contributed by atoms with Crippen molar-refractivity contribution in [2.75, 3.05) is 26.7 Å². The van der Waals surface area contributed by atoms with Gasteiger partial charge in [0.05, 0.1) is 20.2 Å². The van der Waals surface area contributed by atoms with E-state index in [2.05, 4.69) is 4.74 Å². The second-order valence-electron chi connectivity index (χ2n) is 2.68. The summed E-state index contributed by atoms with van der Waals surface area (Å²) in [5.41, 5.74) is 0. The molecule has 1 N–H and O–H groups in total. The molecule has 5 heteroatoms. The second-order valence-corrected chi connectivity index (χ2v) is 2.68. The molecule has 0 aliphatic carbocycles. The SMILES string of the molecule is CCCN(CC(=O)O)CC(=O)OC. The van der Waals surface area contributed by atoms with Gasteiger partial charge in [0, 0.05) is 0 Å². The van der Waals surface area contributed by atoms with Gasteiger partial charge in [-0.3, -0.25) is 14.5 Å². The first-order chi connectivity index (χ1) is 6.10. The summed E-state index contributed by atoms with van der Waals surface area (Å²) in [7, 11) is 1.28. The highest BCUT2D eigenvalue weighted by molar-refractivity contribution is 5.73. The topological polar surface area (TPSA) is 66.8 Å². The molecule has 0 aromatic heterocycles. The molecule has 0 radical (unpaired) electrons. The lowest BCUT2D eigenvalue weighted by atomic mass is 10.4. The van der Waals surface area contributed by atoms with Crippen LogP contribution in [0.25, 0.3) is 0 Å². The molecular weight excluding hydrogens is 174 g/mol. The number of carboxylic acids is 1. The van der Waals surface area contributed by atoms with Gasteiger partial charge in [0.15, 0.2) is 0 Å². The van der Waals surface area contributed by atoms with Gasteiger partial charge < -0.3 is 9.84 Å². The maximum atomic E-state index is 10.8. The first-order valence-corrected chi connectivity index (χ1v) is 4.11. The van der Waals surface area contributed by atoms with Gasteiger partial charge in [0.2, 0.25) is 0 Å². The lowest BCUT2D eigenvalue weighted by Gasteiger charge is -2.17. The van der Waals surface area contributed by atoms with Crippen LogP contribution in [0.1, 0.15) is 13.3 Å². The van der Waals surface area contributed by atoms with Crippen molar-refractivity contribution >= 4 is 11.9 Å². The normalized spacial score (nSPS) is 10.1. The molecule has 0 atom stereocenters. The van der Waals surface area contributed by atoms with Crippen LogP contribution in [0, 0.1) is 0 Å². The molecule has 0 spiro atoms. The highest BCUT2D eigenvalue weighted by Gasteiger charge is 2.12. The molecule has 0 aliphatic heterocycles. The summed E-state index contributed by atoms with van der Waals surface area (Å²) >= 11 is 0. The Kier molecular flexibility index (Phi) is 5.88. The molecule has 0 aliphatic rings. The molecule has 0 bridgehead atoms. The van der Waals surface area contributed by atoms with E-state index in [9.17, 15) is 9.59 Å². The first-order valence-electron chi connectivity index (χ1n) is 4.11. The number of carboxylic acid groups (broad SMARTS) is 1. The van der Waals surface area contributed by atoms with Crippen LogP contribution in [0.5, 0.6) is 0 Å². The molecule has 0 aromatic rings. The van der Waals surface area contributed by atoms with E-state index in [1.54, 1.807) is 0 Å². The molecule has 0 unspecified atom stereocenters. The molecule has 5 nitrogen and oxygen atoms in total. The summed E-state index contributed by atoms with van der Waals surface area (Å²) in [6.45, 7) is 2.42. The van der Waals surface area contributed by atoms with Crippen molar-refractivity contribution in [1.82, 2.24) is 4.90 Å². The number of ether oxygens (including phenoxy) is 1. The number of hydrogen-bond donors (Lipinski definition) is 1. The summed E-state index contributed by atoms with van der Waals surface area (Å²) in [6, 6.07) is 0. The molecule has 0 rings (SSSR count). The standard InChI is InChI=1S/C8H15NO4/c1-3-4-9(5-7(10)11)6-8(12)13-2/h3-6H2,1-2H3,(H,10,11). The van der Waals surface area contributed by atoms with Gasteiger partial charge in [-0.1, -0.05) is 6.92 Å². The minimum Gasteiger partial charge on any atom is -0.480 e. The van der Waals surface area contributed by atoms with Gasteiger partial charge in [-0.2, -0.15) is 0 Å². The van der Waals surface area contributed by atoms with Crippen LogP contribution in [0.4, 0.5) is 0 Å². The summed E-state index contributed by atoms with van der Waals surface area (Å²) in [5, 5.41) is 8.50. The van der Waals surface area contributed by atoms with Gasteiger partial charge in [0.25, 0.3) is 0 Å². The van der Waals surface area contributed by atoms with Crippen LogP contribution in [-0.4, -0.2) is 48.7 Å². The predicted octanol–water partition coefficient (Wildman–Crippen LogP) is -0.0440. The molecule has 0 fully saturated rings. The molecule has 0 saturated heterocycles. The zero-order valence-corrected chi connectivity index (χ0v) is 7.95. The summed E-state index contributed by atoms with van der Waals surface area (Å²) < 4.78 is 4.44. The number of carbonyl (C=O) groups is 2. The Morgan fingerprint density at radius 1 is 1.38 bits per heavy atom. The van der Waals surface area contributed by atoms with Crippen molar-refractivity contribution in [3.05, 3.63) is 0 Å². The maximum absolute atomic E-state index is 10.8. The molecule has 0 saturated carbocycles. The molecule has 0 heterocycles. The lowest BCUT2D eigenvalue weighted by molar-refractivity contribution is -0.144. The summed E-state index contributed by atoms with van der Waals surface area (Å²) in [4.78, 5) is 22.7. The third-order valence-electron chi connectivity index (χ3n) is 1.48. The van der Waals surface area contributed by atoms with E-state index in [1.807, 2.05) is 6.92 Å². The van der Waals surface area contributed by atoms with Crippen LogP contribution >= 0.6 is 0 Å². The fourth-order valence-corrected chi connectivity index (χ4v) is 0.969. The van der Waals surface area contributed by atoms with Gasteiger partial charge >= 0.3 is 11.9 Å². The van der Waals surface area contributed by atoms with E-state index >= 15 is 0 Å². The average Bonchev–Trinajstić information content (AvgIpc) is 2.03. The van der Waals surface area contributed by atoms with E-state index < -0.39 is 11.9 Å². The van der Waals surface area contributed by atoms with Gasteiger partial charge in [0.1, 0.15) is 0 Å². The Balaban J connectivity index is 3.93. The second kappa shape index (κ2) is 6.42. The summed E-state index contributed by atoms with van der Waals surface area (Å²) in [5.74, 6) is -1.34. The minimum absolute atomic E-state index is 0.0383. The molecule has 76 valence electrons. The Bertz CT molecular complexity index is 181. The fourth-order valence-electron chi connectivity index (χ4n) is 0.969. The highest BCUT2D eigenvalue weighted by atomic mass is 16.5. The van der Waals surface area contributed by atoms with Gasteiger partial charge in [-0.25, -0.2) is 0 Å². The fraction of sp³-hybridized carbons (Fsp3) is 0.750. The Labute approximate surface area is 77.3 Å². The van der Waals surface area contributed by atoms with E-state index in [1.165, 1.54) is 12.0 Å². The highest BCUT2D eigenvalue weighted by Crippen LogP contribution is 1.92. The lowest BCUT2D eigenvalue weighted by Crippen LogP contribution is -2.35. The number of methoxy groups -OCH3 is 1. The Morgan fingerprint density at radius 3 is 2.38 bits per heavy atom. The van der Waals surface area contributed by atoms with E-state index in [4.69, 9.17) is 5.11 Å². The summed E-state index contributed by atoms with van der Waals surface area (Å²) in [6.07, 6.45) is 0.810. The van der Waals surface area contributed by atoms with Gasteiger partial charge in [-0.05, 0) is 13.0 Å². The van der Waals surface area contributed by atoms with Gasteiger partial charge in [-0.15, -0.1) is 0 Å². The number of rotatable bonds is 6. The molecular formula is C8H15NO4. The first kappa shape index (κ1) is 11.9. The zero-order valence-electron chi connectivity index (χ0n) is 7.95. The van der Waals surface area contributed by atoms with Crippen LogP contribution in [0.3, 0.4) is 0 Å². The monoisotopic (exact) mass is 189 g/mol. The zero-order chi connectivity index (χ0) is 10.3. The number of hydrogen-bond acceptors (Lipinski definition) is 4. The van der Waals surface area contributed by atoms with E-state index in [-0.39, 0.29) is 13.1 Å². The Hall–Kier alpha value is -1.10. The third kappa shape index (κ3) is 6.10. The number of aliphatic carboxylic acids is 1. The van der Waals surface area contributed by atoms with Crippen molar-refractivity contribution in [3.8, 4) is 0 Å². The average molecular weight is 189 g/mol. The number of esters is 1. The smallest absolute Gasteiger partial charge is 0.319 e. The quantitative estimate of drug-likeness (QED) is 0.594. The van der Waals surface area contributed by atoms with Crippen molar-refractivity contribution < 1.29 is 19.4 Å². The predicted molar refractivity (Wildman–Crippen MR) is 46.4 cm³/mol. The minimum atomic E-state index is -0.933. The largest absolute Gasteiger partial charge is 0.480 e. The third-order valence-corrected chi connectivity index (χ3v) is 1.48.